The Morgan fingerprint density at radius 1 is 0.667 bits per heavy atom. The normalized spacial score (nSPS) is 13.5. The lowest BCUT2D eigenvalue weighted by Crippen LogP contribution is -2.28. The molecule has 0 aromatic carbocycles. The van der Waals surface area contributed by atoms with Gasteiger partial charge in [0, 0.05) is 6.10 Å². The third kappa shape index (κ3) is 14.5. The Bertz CT molecular complexity index is 252. The molecule has 1 unspecified atom stereocenters. The Morgan fingerprint density at radius 3 is 1.33 bits per heavy atom. The second kappa shape index (κ2) is 16.6. The van der Waals surface area contributed by atoms with Gasteiger partial charge in [-0.15, -0.1) is 0 Å². The lowest BCUT2D eigenvalue weighted by atomic mass is 9.82. The van der Waals surface area contributed by atoms with Crippen molar-refractivity contribution in [1.29, 1.82) is 0 Å². The predicted molar refractivity (Wildman–Crippen MR) is 114 cm³/mol. The predicted octanol–water partition coefficient (Wildman–Crippen LogP) is 6.96. The molecule has 0 radical (unpaired) electrons. The zero-order valence-corrected chi connectivity index (χ0v) is 19.8. The molecular formula is C22H48OSi. The molecule has 0 aromatic heterocycles. The fourth-order valence-electron chi connectivity index (χ4n) is 3.47. The molecule has 0 N–H and O–H groups in total. The van der Waals surface area contributed by atoms with E-state index in [0.717, 1.165) is 10.5 Å². The molecule has 0 rings (SSSR count). The van der Waals surface area contributed by atoms with Gasteiger partial charge in [-0.25, -0.2) is 0 Å². The van der Waals surface area contributed by atoms with Crippen molar-refractivity contribution < 1.29 is 4.43 Å². The third-order valence-electron chi connectivity index (χ3n) is 5.88. The lowest BCUT2D eigenvalue weighted by Gasteiger charge is -2.31. The standard InChI is InChI=1S/C22H48OSi/c1-5-6-7-8-9-10-11-12-13-14-15-16-17-18-19-20-22(3,4)21(2)23-24/h21H,5-20H2,1-4,24H3. The minimum Gasteiger partial charge on any atom is -0.425 e. The van der Waals surface area contributed by atoms with Gasteiger partial charge >= 0.3 is 0 Å². The summed E-state index contributed by atoms with van der Waals surface area (Å²) in [7, 11) is 0.865. The summed E-state index contributed by atoms with van der Waals surface area (Å²) >= 11 is 0. The summed E-state index contributed by atoms with van der Waals surface area (Å²) in [5, 5.41) is 0. The number of hydrogen-bond acceptors (Lipinski definition) is 1. The van der Waals surface area contributed by atoms with E-state index < -0.39 is 0 Å². The Labute approximate surface area is 157 Å². The molecule has 0 fully saturated rings. The second-order valence-electron chi connectivity index (χ2n) is 8.57. The van der Waals surface area contributed by atoms with Crippen LogP contribution in [0.2, 0.25) is 0 Å². The second-order valence-corrected chi connectivity index (χ2v) is 9.04. The van der Waals surface area contributed by atoms with Gasteiger partial charge in [0.25, 0.3) is 0 Å². The summed E-state index contributed by atoms with van der Waals surface area (Å²) in [5.74, 6) is 0. The van der Waals surface area contributed by atoms with Crippen molar-refractivity contribution in [1.82, 2.24) is 0 Å². The maximum Gasteiger partial charge on any atom is 0.146 e. The van der Waals surface area contributed by atoms with Crippen LogP contribution >= 0.6 is 0 Å². The number of hydrogen-bond donors (Lipinski definition) is 0. The molecule has 0 saturated carbocycles. The summed E-state index contributed by atoms with van der Waals surface area (Å²) in [4.78, 5) is 0. The van der Waals surface area contributed by atoms with Crippen molar-refractivity contribution in [2.24, 2.45) is 5.41 Å². The van der Waals surface area contributed by atoms with E-state index >= 15 is 0 Å². The molecule has 1 nitrogen and oxygen atoms in total. The molecule has 2 heteroatoms. The molecule has 0 spiro atoms. The van der Waals surface area contributed by atoms with Gasteiger partial charge < -0.3 is 4.43 Å². The van der Waals surface area contributed by atoms with E-state index in [0.29, 0.717) is 11.5 Å². The highest BCUT2D eigenvalue weighted by atomic mass is 28.2. The lowest BCUT2D eigenvalue weighted by molar-refractivity contribution is 0.0882. The van der Waals surface area contributed by atoms with Crippen LogP contribution in [0, 0.1) is 5.41 Å². The van der Waals surface area contributed by atoms with Crippen LogP contribution in [0.4, 0.5) is 0 Å². The average molecular weight is 357 g/mol. The van der Waals surface area contributed by atoms with Crippen LogP contribution in [-0.2, 0) is 4.43 Å². The molecule has 1 atom stereocenters. The topological polar surface area (TPSA) is 9.23 Å². The zero-order valence-electron chi connectivity index (χ0n) is 17.8. The van der Waals surface area contributed by atoms with Crippen LogP contribution in [0.25, 0.3) is 0 Å². The average Bonchev–Trinajstić information content (AvgIpc) is 2.57. The Balaban J connectivity index is 3.21. The largest absolute Gasteiger partial charge is 0.425 e. The van der Waals surface area contributed by atoms with Crippen LogP contribution in [0.15, 0.2) is 0 Å². The van der Waals surface area contributed by atoms with Crippen molar-refractivity contribution in [2.75, 3.05) is 0 Å². The molecule has 0 saturated heterocycles. The van der Waals surface area contributed by atoms with E-state index in [-0.39, 0.29) is 0 Å². The molecule has 0 aliphatic heterocycles. The SMILES string of the molecule is CCCCCCCCCCCCCCCCCC(C)(C)C(C)O[SiH3]. The van der Waals surface area contributed by atoms with Gasteiger partial charge in [-0.2, -0.15) is 0 Å². The molecule has 0 heterocycles. The Morgan fingerprint density at radius 2 is 1.00 bits per heavy atom. The van der Waals surface area contributed by atoms with Crippen LogP contribution < -0.4 is 0 Å². The van der Waals surface area contributed by atoms with Crippen molar-refractivity contribution in [3.8, 4) is 0 Å². The van der Waals surface area contributed by atoms with E-state index in [2.05, 4.69) is 27.7 Å². The van der Waals surface area contributed by atoms with Crippen LogP contribution in [0.5, 0.6) is 0 Å². The van der Waals surface area contributed by atoms with Crippen LogP contribution in [0.3, 0.4) is 0 Å². The first kappa shape index (κ1) is 24.2. The molecule has 0 aromatic rings. The van der Waals surface area contributed by atoms with Crippen molar-refractivity contribution in [2.45, 2.75) is 137 Å². The third-order valence-corrected chi connectivity index (χ3v) is 6.59. The van der Waals surface area contributed by atoms with Crippen molar-refractivity contribution >= 4 is 10.5 Å². The summed E-state index contributed by atoms with van der Waals surface area (Å²) in [6.07, 6.45) is 23.4. The highest BCUT2D eigenvalue weighted by molar-refractivity contribution is 5.98. The Kier molecular flexibility index (Phi) is 16.8. The summed E-state index contributed by atoms with van der Waals surface area (Å²) in [6.45, 7) is 9.25. The van der Waals surface area contributed by atoms with Gasteiger partial charge in [-0.1, -0.05) is 117 Å². The van der Waals surface area contributed by atoms with Crippen LogP contribution in [0.1, 0.15) is 130 Å². The monoisotopic (exact) mass is 356 g/mol. The zero-order chi connectivity index (χ0) is 18.1. The van der Waals surface area contributed by atoms with Gasteiger partial charge in [-0.3, -0.25) is 0 Å². The molecule has 0 bridgehead atoms. The fourth-order valence-corrected chi connectivity index (χ4v) is 4.11. The van der Waals surface area contributed by atoms with Gasteiger partial charge in [0.15, 0.2) is 0 Å². The highest BCUT2D eigenvalue weighted by Gasteiger charge is 2.24. The molecule has 146 valence electrons. The van der Waals surface area contributed by atoms with Crippen molar-refractivity contribution in [3.05, 3.63) is 0 Å². The van der Waals surface area contributed by atoms with Gasteiger partial charge in [0.2, 0.25) is 0 Å². The minimum absolute atomic E-state index is 0.359. The molecule has 0 aliphatic carbocycles. The first-order valence-corrected chi connectivity index (χ1v) is 11.9. The maximum absolute atomic E-state index is 5.63. The summed E-state index contributed by atoms with van der Waals surface area (Å²) in [6, 6.07) is 0. The smallest absolute Gasteiger partial charge is 0.146 e. The minimum atomic E-state index is 0.359. The van der Waals surface area contributed by atoms with E-state index in [1.807, 2.05) is 0 Å². The molecule has 24 heavy (non-hydrogen) atoms. The van der Waals surface area contributed by atoms with E-state index in [9.17, 15) is 0 Å². The van der Waals surface area contributed by atoms with E-state index in [1.165, 1.54) is 103 Å². The number of rotatable bonds is 18. The maximum atomic E-state index is 5.63. The van der Waals surface area contributed by atoms with E-state index in [1.54, 1.807) is 0 Å². The highest BCUT2D eigenvalue weighted by Crippen LogP contribution is 2.29. The Hall–Kier alpha value is 0.177. The fraction of sp³-hybridized carbons (Fsp3) is 1.00. The van der Waals surface area contributed by atoms with E-state index in [4.69, 9.17) is 4.43 Å². The summed E-state index contributed by atoms with van der Waals surface area (Å²) in [5.41, 5.74) is 0.359. The quantitative estimate of drug-likeness (QED) is 0.190. The van der Waals surface area contributed by atoms with Gasteiger partial charge in [0.1, 0.15) is 10.5 Å². The first-order chi connectivity index (χ1) is 11.5. The van der Waals surface area contributed by atoms with Gasteiger partial charge in [-0.05, 0) is 18.8 Å². The first-order valence-electron chi connectivity index (χ1n) is 11.1. The van der Waals surface area contributed by atoms with Gasteiger partial charge in [0.05, 0.1) is 0 Å². The molecule has 0 amide bonds. The van der Waals surface area contributed by atoms with Crippen LogP contribution in [-0.4, -0.2) is 16.6 Å². The van der Waals surface area contributed by atoms with Crippen molar-refractivity contribution in [3.63, 3.8) is 0 Å². The number of unbranched alkanes of at least 4 members (excludes halogenated alkanes) is 14. The molecular weight excluding hydrogens is 308 g/mol. The molecule has 0 aliphatic rings. The summed E-state index contributed by atoms with van der Waals surface area (Å²) < 4.78 is 5.63.